The molecule has 132 valence electrons. The van der Waals surface area contributed by atoms with E-state index in [0.29, 0.717) is 17.4 Å². The van der Waals surface area contributed by atoms with Crippen LogP contribution in [0.25, 0.3) is 0 Å². The summed E-state index contributed by atoms with van der Waals surface area (Å²) < 4.78 is 7.40. The number of rotatable bonds is 6. The molecule has 4 rings (SSSR count). The first-order chi connectivity index (χ1) is 12.2. The van der Waals surface area contributed by atoms with Gasteiger partial charge in [0, 0.05) is 44.6 Å². The van der Waals surface area contributed by atoms with E-state index < -0.39 is 0 Å². The molecule has 2 fully saturated rings. The molecule has 7 nitrogen and oxygen atoms in total. The molecule has 3 heterocycles. The average Bonchev–Trinajstić information content (AvgIpc) is 3.17. The van der Waals surface area contributed by atoms with E-state index >= 15 is 0 Å². The van der Waals surface area contributed by atoms with Crippen molar-refractivity contribution in [3.8, 4) is 5.88 Å². The highest BCUT2D eigenvalue weighted by Crippen LogP contribution is 2.29. The summed E-state index contributed by atoms with van der Waals surface area (Å²) in [5.41, 5.74) is 1.66. The SMILES string of the molecule is Cn1cc(N2CC[C@H](NC(=O)c3ccc(OCC4CC4)nc3)C2)cn1. The second-order valence-electron chi connectivity index (χ2n) is 6.92. The Morgan fingerprint density at radius 1 is 1.32 bits per heavy atom. The summed E-state index contributed by atoms with van der Waals surface area (Å²) in [6, 6.07) is 3.69. The third-order valence-corrected chi connectivity index (χ3v) is 4.74. The fourth-order valence-electron chi connectivity index (χ4n) is 3.04. The van der Waals surface area contributed by atoms with Gasteiger partial charge in [-0.3, -0.25) is 9.48 Å². The number of nitrogens with zero attached hydrogens (tertiary/aromatic N) is 4. The Morgan fingerprint density at radius 3 is 2.88 bits per heavy atom. The number of ether oxygens (including phenoxy) is 1. The van der Waals surface area contributed by atoms with Crippen LogP contribution in [0.5, 0.6) is 5.88 Å². The zero-order valence-electron chi connectivity index (χ0n) is 14.4. The zero-order chi connectivity index (χ0) is 17.2. The van der Waals surface area contributed by atoms with Crippen LogP contribution in [0.15, 0.2) is 30.7 Å². The molecule has 0 radical (unpaired) electrons. The largest absolute Gasteiger partial charge is 0.477 e. The summed E-state index contributed by atoms with van der Waals surface area (Å²) in [6.45, 7) is 2.45. The monoisotopic (exact) mass is 341 g/mol. The van der Waals surface area contributed by atoms with Crippen molar-refractivity contribution in [3.05, 3.63) is 36.3 Å². The van der Waals surface area contributed by atoms with Crippen LogP contribution in [0.1, 0.15) is 29.6 Å². The molecule has 1 N–H and O–H groups in total. The van der Waals surface area contributed by atoms with Crippen LogP contribution in [0, 0.1) is 5.92 Å². The van der Waals surface area contributed by atoms with Crippen LogP contribution in [-0.2, 0) is 7.05 Å². The average molecular weight is 341 g/mol. The highest BCUT2D eigenvalue weighted by Gasteiger charge is 2.25. The Bertz CT molecular complexity index is 738. The first-order valence-electron chi connectivity index (χ1n) is 8.81. The molecule has 1 aliphatic heterocycles. The van der Waals surface area contributed by atoms with Gasteiger partial charge in [-0.05, 0) is 31.2 Å². The third kappa shape index (κ3) is 3.92. The highest BCUT2D eigenvalue weighted by molar-refractivity contribution is 5.94. The molecule has 1 amide bonds. The number of anilines is 1. The molecule has 1 atom stereocenters. The molecule has 0 aromatic carbocycles. The van der Waals surface area contributed by atoms with Gasteiger partial charge in [0.05, 0.1) is 24.1 Å². The minimum Gasteiger partial charge on any atom is -0.477 e. The number of hydrogen-bond donors (Lipinski definition) is 1. The molecular formula is C18H23N5O2. The van der Waals surface area contributed by atoms with Crippen LogP contribution in [-0.4, -0.2) is 46.4 Å². The number of pyridine rings is 1. The predicted octanol–water partition coefficient (Wildman–Crippen LogP) is 1.61. The quantitative estimate of drug-likeness (QED) is 0.864. The standard InChI is InChI=1S/C18H23N5O2/c1-22-11-16(9-20-22)23-7-6-15(10-23)21-18(24)14-4-5-17(19-8-14)25-12-13-2-3-13/h4-5,8-9,11,13,15H,2-3,6-7,10,12H2,1H3,(H,21,24)/t15-/m0/s1. The molecular weight excluding hydrogens is 318 g/mol. The van der Waals surface area contributed by atoms with E-state index in [0.717, 1.165) is 31.8 Å². The van der Waals surface area contributed by atoms with E-state index in [-0.39, 0.29) is 11.9 Å². The van der Waals surface area contributed by atoms with Crippen molar-refractivity contribution in [2.75, 3.05) is 24.6 Å². The molecule has 1 saturated carbocycles. The Balaban J connectivity index is 1.29. The Morgan fingerprint density at radius 2 is 2.20 bits per heavy atom. The van der Waals surface area contributed by atoms with Crippen molar-refractivity contribution in [2.24, 2.45) is 13.0 Å². The summed E-state index contributed by atoms with van der Waals surface area (Å²) in [5.74, 6) is 1.20. The van der Waals surface area contributed by atoms with Crippen molar-refractivity contribution in [1.82, 2.24) is 20.1 Å². The van der Waals surface area contributed by atoms with Gasteiger partial charge in [0.15, 0.2) is 0 Å². The highest BCUT2D eigenvalue weighted by atomic mass is 16.5. The first kappa shape index (κ1) is 15.9. The molecule has 0 bridgehead atoms. The Kier molecular flexibility index (Phi) is 4.29. The van der Waals surface area contributed by atoms with E-state index in [1.54, 1.807) is 23.0 Å². The minimum absolute atomic E-state index is 0.0840. The molecule has 2 aliphatic rings. The maximum Gasteiger partial charge on any atom is 0.253 e. The van der Waals surface area contributed by atoms with Crippen LogP contribution < -0.4 is 15.0 Å². The maximum atomic E-state index is 12.4. The van der Waals surface area contributed by atoms with E-state index in [4.69, 9.17) is 4.74 Å². The smallest absolute Gasteiger partial charge is 0.253 e. The summed E-state index contributed by atoms with van der Waals surface area (Å²) in [6.07, 6.45) is 8.86. The molecule has 2 aromatic rings. The first-order valence-corrected chi connectivity index (χ1v) is 8.81. The van der Waals surface area contributed by atoms with Gasteiger partial charge in [-0.25, -0.2) is 4.98 Å². The van der Waals surface area contributed by atoms with Gasteiger partial charge in [-0.1, -0.05) is 0 Å². The summed E-state index contributed by atoms with van der Waals surface area (Å²) >= 11 is 0. The van der Waals surface area contributed by atoms with E-state index in [9.17, 15) is 4.79 Å². The predicted molar refractivity (Wildman–Crippen MR) is 93.7 cm³/mol. The second-order valence-corrected chi connectivity index (χ2v) is 6.92. The lowest BCUT2D eigenvalue weighted by atomic mass is 10.2. The van der Waals surface area contributed by atoms with Gasteiger partial charge in [0.1, 0.15) is 0 Å². The Labute approximate surface area is 147 Å². The van der Waals surface area contributed by atoms with Crippen molar-refractivity contribution in [1.29, 1.82) is 0 Å². The maximum absolute atomic E-state index is 12.4. The van der Waals surface area contributed by atoms with Gasteiger partial charge in [-0.2, -0.15) is 5.10 Å². The van der Waals surface area contributed by atoms with E-state index in [1.807, 2.05) is 19.4 Å². The summed E-state index contributed by atoms with van der Waals surface area (Å²) in [4.78, 5) is 18.9. The van der Waals surface area contributed by atoms with Crippen molar-refractivity contribution >= 4 is 11.6 Å². The van der Waals surface area contributed by atoms with E-state index in [2.05, 4.69) is 20.3 Å². The number of aryl methyl sites for hydroxylation is 1. The number of carbonyl (C=O) groups excluding carboxylic acids is 1. The summed E-state index contributed by atoms with van der Waals surface area (Å²) in [5, 5.41) is 7.29. The molecule has 2 aromatic heterocycles. The van der Waals surface area contributed by atoms with Gasteiger partial charge in [0.2, 0.25) is 5.88 Å². The van der Waals surface area contributed by atoms with Crippen LogP contribution in [0.3, 0.4) is 0 Å². The molecule has 0 spiro atoms. The molecule has 0 unspecified atom stereocenters. The molecule has 25 heavy (non-hydrogen) atoms. The number of nitrogens with one attached hydrogen (secondary N) is 1. The zero-order valence-corrected chi connectivity index (χ0v) is 14.4. The lowest BCUT2D eigenvalue weighted by Gasteiger charge is -2.16. The normalized spacial score (nSPS) is 19.9. The van der Waals surface area contributed by atoms with Crippen LogP contribution >= 0.6 is 0 Å². The van der Waals surface area contributed by atoms with Gasteiger partial charge in [0.25, 0.3) is 5.91 Å². The van der Waals surface area contributed by atoms with Crippen LogP contribution in [0.2, 0.25) is 0 Å². The molecule has 7 heteroatoms. The molecule has 1 aliphatic carbocycles. The number of amides is 1. The molecule has 1 saturated heterocycles. The second kappa shape index (κ2) is 6.74. The van der Waals surface area contributed by atoms with E-state index in [1.165, 1.54) is 12.8 Å². The van der Waals surface area contributed by atoms with Crippen LogP contribution in [0.4, 0.5) is 5.69 Å². The van der Waals surface area contributed by atoms with Crippen molar-refractivity contribution < 1.29 is 9.53 Å². The number of hydrogen-bond acceptors (Lipinski definition) is 5. The Hall–Kier alpha value is -2.57. The summed E-state index contributed by atoms with van der Waals surface area (Å²) in [7, 11) is 1.91. The number of carbonyl (C=O) groups is 1. The third-order valence-electron chi connectivity index (χ3n) is 4.74. The van der Waals surface area contributed by atoms with Crippen molar-refractivity contribution in [2.45, 2.75) is 25.3 Å². The van der Waals surface area contributed by atoms with Gasteiger partial charge in [-0.15, -0.1) is 0 Å². The lowest BCUT2D eigenvalue weighted by Crippen LogP contribution is -2.37. The lowest BCUT2D eigenvalue weighted by molar-refractivity contribution is 0.0940. The van der Waals surface area contributed by atoms with Crippen molar-refractivity contribution in [3.63, 3.8) is 0 Å². The van der Waals surface area contributed by atoms with Gasteiger partial charge < -0.3 is 15.0 Å². The van der Waals surface area contributed by atoms with Gasteiger partial charge >= 0.3 is 0 Å². The fourth-order valence-corrected chi connectivity index (χ4v) is 3.04. The minimum atomic E-state index is -0.0840. The number of aromatic nitrogens is 3. The topological polar surface area (TPSA) is 72.3 Å². The fraction of sp³-hybridized carbons (Fsp3) is 0.500.